The molecule has 190 valence electrons. The number of anilines is 1. The van der Waals surface area contributed by atoms with Gasteiger partial charge in [0.05, 0.1) is 19.3 Å². The van der Waals surface area contributed by atoms with E-state index in [0.29, 0.717) is 28.5 Å². The van der Waals surface area contributed by atoms with Crippen LogP contribution in [0.5, 0.6) is 23.0 Å². The van der Waals surface area contributed by atoms with Crippen LogP contribution in [0.3, 0.4) is 0 Å². The molecule has 10 heteroatoms. The molecular weight excluding hydrogens is 480 g/mol. The summed E-state index contributed by atoms with van der Waals surface area (Å²) in [6.45, 7) is 0.552. The number of nitrogens with one attached hydrogen (secondary N) is 2. The van der Waals surface area contributed by atoms with E-state index in [1.54, 1.807) is 42.5 Å². The summed E-state index contributed by atoms with van der Waals surface area (Å²) >= 11 is 0. The number of hydrogen-bond acceptors (Lipinski definition) is 8. The lowest BCUT2D eigenvalue weighted by molar-refractivity contribution is 0.00861. The fraction of sp³-hybridized carbons (Fsp3) is 0.259. The second-order valence-electron chi connectivity index (χ2n) is 8.75. The van der Waals surface area contributed by atoms with Gasteiger partial charge in [-0.25, -0.2) is 4.79 Å². The Balaban J connectivity index is 1.00. The predicted octanol–water partition coefficient (Wildman–Crippen LogP) is 3.72. The molecule has 3 aliphatic heterocycles. The molecule has 2 saturated heterocycles. The summed E-state index contributed by atoms with van der Waals surface area (Å²) in [5.41, 5.74) is 1.00. The van der Waals surface area contributed by atoms with Crippen LogP contribution >= 0.6 is 0 Å². The van der Waals surface area contributed by atoms with Crippen LogP contribution in [0.4, 0.5) is 10.5 Å². The number of ether oxygens (including phenoxy) is 6. The Labute approximate surface area is 212 Å². The Bertz CT molecular complexity index is 1280. The maximum Gasteiger partial charge on any atom is 0.412 e. The summed E-state index contributed by atoms with van der Waals surface area (Å²) in [6.07, 6.45) is -2.12. The van der Waals surface area contributed by atoms with Crippen LogP contribution in [0.15, 0.2) is 72.8 Å². The van der Waals surface area contributed by atoms with Crippen molar-refractivity contribution in [2.45, 2.75) is 24.4 Å². The van der Waals surface area contributed by atoms with E-state index in [1.165, 1.54) is 0 Å². The minimum Gasteiger partial charge on any atom is -0.457 e. The van der Waals surface area contributed by atoms with E-state index in [-0.39, 0.29) is 32.0 Å². The molecule has 0 spiro atoms. The molecule has 6 rings (SSSR count). The van der Waals surface area contributed by atoms with Crippen molar-refractivity contribution in [3.63, 3.8) is 0 Å². The molecule has 0 bridgehead atoms. The minimum atomic E-state index is -0.623. The van der Waals surface area contributed by atoms with Gasteiger partial charge in [0.15, 0.2) is 17.6 Å². The molecule has 0 saturated carbocycles. The third-order valence-electron chi connectivity index (χ3n) is 6.30. The van der Waals surface area contributed by atoms with Gasteiger partial charge < -0.3 is 33.7 Å². The third kappa shape index (κ3) is 5.02. The van der Waals surface area contributed by atoms with Crippen molar-refractivity contribution in [1.29, 1.82) is 0 Å². The van der Waals surface area contributed by atoms with Gasteiger partial charge in [-0.3, -0.25) is 10.1 Å². The number of hydrogen-bond donors (Lipinski definition) is 2. The molecule has 0 radical (unpaired) electrons. The van der Waals surface area contributed by atoms with Gasteiger partial charge in [-0.1, -0.05) is 18.2 Å². The number of rotatable bonds is 6. The monoisotopic (exact) mass is 504 g/mol. The van der Waals surface area contributed by atoms with E-state index in [0.717, 1.165) is 5.75 Å². The highest BCUT2D eigenvalue weighted by molar-refractivity contribution is 5.95. The summed E-state index contributed by atoms with van der Waals surface area (Å²) in [7, 11) is 0. The van der Waals surface area contributed by atoms with Crippen LogP contribution in [0.25, 0.3) is 0 Å². The first-order valence-corrected chi connectivity index (χ1v) is 11.9. The lowest BCUT2D eigenvalue weighted by atomic mass is 10.1. The molecule has 3 aromatic carbocycles. The highest BCUT2D eigenvalue weighted by Gasteiger charge is 2.50. The summed E-state index contributed by atoms with van der Waals surface area (Å²) in [5.74, 6) is 2.22. The zero-order valence-electron chi connectivity index (χ0n) is 19.6. The second-order valence-corrected chi connectivity index (χ2v) is 8.75. The Kier molecular flexibility index (Phi) is 6.25. The van der Waals surface area contributed by atoms with Crippen LogP contribution < -0.4 is 24.8 Å². The largest absolute Gasteiger partial charge is 0.457 e. The molecular formula is C27H24N2O8. The van der Waals surface area contributed by atoms with Crippen molar-refractivity contribution >= 4 is 17.7 Å². The number of amides is 2. The van der Waals surface area contributed by atoms with Crippen LogP contribution in [0.1, 0.15) is 10.4 Å². The highest BCUT2D eigenvalue weighted by Crippen LogP contribution is 2.33. The standard InChI is InChI=1S/C27H24N2O8/c30-26(16-6-11-21-22(12-16)35-15-34-21)29-20-13-32-25-23(14-33-24(20)25)37-27(31)28-17-7-9-19(10-8-17)36-18-4-2-1-3-5-18/h1-12,20,23-25H,13-15H2,(H,28,31)(H,29,30)/t20-,23+,24+,25+/m0/s1. The van der Waals surface area contributed by atoms with Crippen molar-refractivity contribution in [3.8, 4) is 23.0 Å². The Morgan fingerprint density at radius 3 is 2.41 bits per heavy atom. The molecule has 10 nitrogen and oxygen atoms in total. The van der Waals surface area contributed by atoms with Crippen LogP contribution in [0, 0.1) is 0 Å². The molecule has 4 atom stereocenters. The van der Waals surface area contributed by atoms with Gasteiger partial charge in [0.2, 0.25) is 6.79 Å². The Morgan fingerprint density at radius 2 is 1.57 bits per heavy atom. The predicted molar refractivity (Wildman–Crippen MR) is 130 cm³/mol. The molecule has 0 unspecified atom stereocenters. The van der Waals surface area contributed by atoms with E-state index < -0.39 is 24.4 Å². The number of fused-ring (bicyclic) bond motifs is 2. The van der Waals surface area contributed by atoms with E-state index in [1.807, 2.05) is 30.3 Å². The van der Waals surface area contributed by atoms with Gasteiger partial charge in [0.1, 0.15) is 23.7 Å². The topological polar surface area (TPSA) is 114 Å². The molecule has 3 aliphatic rings. The zero-order chi connectivity index (χ0) is 25.2. The van der Waals surface area contributed by atoms with Gasteiger partial charge in [0.25, 0.3) is 5.91 Å². The van der Waals surface area contributed by atoms with Crippen molar-refractivity contribution in [2.75, 3.05) is 25.3 Å². The quantitative estimate of drug-likeness (QED) is 0.522. The summed E-state index contributed by atoms with van der Waals surface area (Å²) in [6, 6.07) is 21.0. The molecule has 3 heterocycles. The van der Waals surface area contributed by atoms with Crippen molar-refractivity contribution in [3.05, 3.63) is 78.4 Å². The number of carbonyl (C=O) groups excluding carboxylic acids is 2. The van der Waals surface area contributed by atoms with E-state index in [2.05, 4.69) is 10.6 Å². The fourth-order valence-corrected chi connectivity index (χ4v) is 4.49. The van der Waals surface area contributed by atoms with Crippen molar-refractivity contribution < 1.29 is 38.0 Å². The fourth-order valence-electron chi connectivity index (χ4n) is 4.49. The maximum atomic E-state index is 12.8. The first-order chi connectivity index (χ1) is 18.1. The highest BCUT2D eigenvalue weighted by atomic mass is 16.7. The van der Waals surface area contributed by atoms with Gasteiger partial charge in [-0.05, 0) is 54.6 Å². The van der Waals surface area contributed by atoms with E-state index in [4.69, 9.17) is 28.4 Å². The summed E-state index contributed by atoms with van der Waals surface area (Å²) in [5, 5.41) is 5.65. The molecule has 2 amide bonds. The molecule has 37 heavy (non-hydrogen) atoms. The van der Waals surface area contributed by atoms with Crippen LogP contribution in [-0.4, -0.2) is 56.4 Å². The molecule has 2 fully saturated rings. The lowest BCUT2D eigenvalue weighted by Crippen LogP contribution is -2.44. The molecule has 0 aliphatic carbocycles. The van der Waals surface area contributed by atoms with Gasteiger partial charge in [-0.2, -0.15) is 0 Å². The van der Waals surface area contributed by atoms with E-state index in [9.17, 15) is 9.59 Å². The van der Waals surface area contributed by atoms with Gasteiger partial charge >= 0.3 is 6.09 Å². The average molecular weight is 504 g/mol. The van der Waals surface area contributed by atoms with Crippen LogP contribution in [-0.2, 0) is 14.2 Å². The van der Waals surface area contributed by atoms with Crippen LogP contribution in [0.2, 0.25) is 0 Å². The summed E-state index contributed by atoms with van der Waals surface area (Å²) < 4.78 is 33.6. The second kappa shape index (κ2) is 10.00. The number of carbonyl (C=O) groups is 2. The average Bonchev–Trinajstić information content (AvgIpc) is 3.64. The number of benzene rings is 3. The molecule has 0 aromatic heterocycles. The van der Waals surface area contributed by atoms with Crippen molar-refractivity contribution in [2.24, 2.45) is 0 Å². The maximum absolute atomic E-state index is 12.8. The first-order valence-electron chi connectivity index (χ1n) is 11.9. The zero-order valence-corrected chi connectivity index (χ0v) is 19.6. The Hall–Kier alpha value is -4.28. The van der Waals surface area contributed by atoms with Crippen molar-refractivity contribution in [1.82, 2.24) is 5.32 Å². The van der Waals surface area contributed by atoms with Gasteiger partial charge in [-0.15, -0.1) is 0 Å². The van der Waals surface area contributed by atoms with E-state index >= 15 is 0 Å². The normalized spacial score (nSPS) is 23.2. The molecule has 2 N–H and O–H groups in total. The molecule has 3 aromatic rings. The summed E-state index contributed by atoms with van der Waals surface area (Å²) in [4.78, 5) is 25.3. The smallest absolute Gasteiger partial charge is 0.412 e. The third-order valence-corrected chi connectivity index (χ3v) is 6.30. The van der Waals surface area contributed by atoms with Gasteiger partial charge in [0, 0.05) is 11.3 Å². The lowest BCUT2D eigenvalue weighted by Gasteiger charge is -2.18. The SMILES string of the molecule is O=C(Nc1ccc(Oc2ccccc2)cc1)O[C@@H]1CO[C@H]2[C@@H]1OC[C@@H]2NC(=O)c1ccc2c(c1)OCO2. The first kappa shape index (κ1) is 23.1. The minimum absolute atomic E-state index is 0.136. The number of para-hydroxylation sites is 1. The Morgan fingerprint density at radius 1 is 0.811 bits per heavy atom.